The largest absolute Gasteiger partial charge is 0.478 e. The Bertz CT molecular complexity index is 639. The lowest BCUT2D eigenvalue weighted by atomic mass is 10.1. The van der Waals surface area contributed by atoms with E-state index in [1.54, 1.807) is 0 Å². The Morgan fingerprint density at radius 3 is 2.70 bits per heavy atom. The van der Waals surface area contributed by atoms with Crippen molar-refractivity contribution in [3.63, 3.8) is 0 Å². The number of hydrogen-bond donors (Lipinski definition) is 1. The maximum Gasteiger partial charge on any atom is 0.335 e. The van der Waals surface area contributed by atoms with Crippen LogP contribution >= 0.6 is 0 Å². The molecule has 8 heteroatoms. The molecule has 128 valence electrons. The molecule has 1 N–H and O–H groups in total. The lowest BCUT2D eigenvalue weighted by molar-refractivity contribution is 0.0524. The number of nitrogens with zero attached hydrogens (tertiary/aromatic N) is 1. The first-order chi connectivity index (χ1) is 11.0. The predicted molar refractivity (Wildman–Crippen MR) is 83.0 cm³/mol. The van der Waals surface area contributed by atoms with Crippen molar-refractivity contribution in [1.29, 1.82) is 0 Å². The minimum Gasteiger partial charge on any atom is -0.478 e. The minimum absolute atomic E-state index is 0.0139. The van der Waals surface area contributed by atoms with E-state index >= 15 is 0 Å². The molecule has 7 nitrogen and oxygen atoms in total. The Morgan fingerprint density at radius 1 is 1.39 bits per heavy atom. The summed E-state index contributed by atoms with van der Waals surface area (Å²) in [6, 6.07) is 5.25. The molecule has 23 heavy (non-hydrogen) atoms. The van der Waals surface area contributed by atoms with Gasteiger partial charge in [0.1, 0.15) is 0 Å². The third-order valence-corrected chi connectivity index (χ3v) is 5.75. The molecule has 1 saturated heterocycles. The van der Waals surface area contributed by atoms with Gasteiger partial charge < -0.3 is 14.6 Å². The molecule has 1 heterocycles. The molecule has 0 aromatic heterocycles. The van der Waals surface area contributed by atoms with Crippen LogP contribution in [0.1, 0.15) is 23.2 Å². The van der Waals surface area contributed by atoms with Crippen LogP contribution in [0.25, 0.3) is 0 Å². The van der Waals surface area contributed by atoms with E-state index in [9.17, 15) is 13.2 Å². The first-order valence-corrected chi connectivity index (χ1v) is 8.82. The number of aromatic carboxylic acids is 1. The average Bonchev–Trinajstić information content (AvgIpc) is 2.56. The molecular formula is C15H21NO6S. The minimum atomic E-state index is -3.79. The van der Waals surface area contributed by atoms with Gasteiger partial charge in [-0.1, -0.05) is 6.07 Å². The third-order valence-electron chi connectivity index (χ3n) is 3.80. The molecule has 2 rings (SSSR count). The molecular weight excluding hydrogens is 322 g/mol. The zero-order valence-electron chi connectivity index (χ0n) is 13.0. The van der Waals surface area contributed by atoms with E-state index in [0.717, 1.165) is 0 Å². The molecule has 1 aliphatic heterocycles. The highest BCUT2D eigenvalue weighted by Crippen LogP contribution is 2.24. The van der Waals surface area contributed by atoms with Gasteiger partial charge in [-0.25, -0.2) is 13.2 Å². The fraction of sp³-hybridized carbons (Fsp3) is 0.533. The number of ether oxygens (including phenoxy) is 2. The van der Waals surface area contributed by atoms with Crippen LogP contribution in [0, 0.1) is 0 Å². The molecule has 0 spiro atoms. The second kappa shape index (κ2) is 7.87. The van der Waals surface area contributed by atoms with E-state index in [1.807, 2.05) is 0 Å². The molecule has 0 aliphatic carbocycles. The molecule has 0 radical (unpaired) electrons. The van der Waals surface area contributed by atoms with Crippen molar-refractivity contribution in [3.8, 4) is 0 Å². The Morgan fingerprint density at radius 2 is 2.09 bits per heavy atom. The number of rotatable bonds is 7. The summed E-state index contributed by atoms with van der Waals surface area (Å²) in [6.07, 6.45) is 1.23. The lowest BCUT2D eigenvalue weighted by Crippen LogP contribution is -2.45. The van der Waals surface area contributed by atoms with Crippen molar-refractivity contribution < 1.29 is 27.8 Å². The number of carboxylic acid groups (broad SMARTS) is 1. The second-order valence-corrected chi connectivity index (χ2v) is 7.18. The average molecular weight is 343 g/mol. The summed E-state index contributed by atoms with van der Waals surface area (Å²) in [6.45, 7) is 1.52. The first-order valence-electron chi connectivity index (χ1n) is 7.38. The summed E-state index contributed by atoms with van der Waals surface area (Å²) in [5.74, 6) is -1.16. The monoisotopic (exact) mass is 343 g/mol. The van der Waals surface area contributed by atoms with Gasteiger partial charge in [-0.3, -0.25) is 0 Å². The van der Waals surface area contributed by atoms with Crippen molar-refractivity contribution in [2.24, 2.45) is 0 Å². The van der Waals surface area contributed by atoms with E-state index in [1.165, 1.54) is 35.7 Å². The van der Waals surface area contributed by atoms with Gasteiger partial charge in [0.15, 0.2) is 0 Å². The summed E-state index contributed by atoms with van der Waals surface area (Å²) in [4.78, 5) is 11.1. The van der Waals surface area contributed by atoms with E-state index in [0.29, 0.717) is 26.1 Å². The van der Waals surface area contributed by atoms with Crippen molar-refractivity contribution >= 4 is 16.0 Å². The van der Waals surface area contributed by atoms with Crippen LogP contribution in [0.4, 0.5) is 0 Å². The molecule has 0 saturated carbocycles. The molecule has 0 amide bonds. The number of benzene rings is 1. The summed E-state index contributed by atoms with van der Waals surface area (Å²) < 4.78 is 37.6. The Labute approximate surface area is 135 Å². The van der Waals surface area contributed by atoms with Crippen molar-refractivity contribution in [2.75, 3.05) is 33.5 Å². The highest BCUT2D eigenvalue weighted by molar-refractivity contribution is 7.89. The fourth-order valence-electron chi connectivity index (χ4n) is 2.58. The van der Waals surface area contributed by atoms with Gasteiger partial charge in [-0.15, -0.1) is 0 Å². The molecule has 1 fully saturated rings. The highest BCUT2D eigenvalue weighted by Gasteiger charge is 2.32. The predicted octanol–water partition coefficient (Wildman–Crippen LogP) is 1.20. The molecule has 1 aromatic rings. The van der Waals surface area contributed by atoms with E-state index < -0.39 is 16.0 Å². The number of sulfonamides is 1. The number of carbonyl (C=O) groups is 1. The number of carboxylic acids is 1. The Balaban J connectivity index is 2.34. The second-order valence-electron chi connectivity index (χ2n) is 5.29. The maximum atomic E-state index is 12.9. The molecule has 0 unspecified atom stereocenters. The summed E-state index contributed by atoms with van der Waals surface area (Å²) in [5, 5.41) is 9.06. The van der Waals surface area contributed by atoms with Crippen LogP contribution in [-0.4, -0.2) is 63.3 Å². The maximum absolute atomic E-state index is 12.9. The Kier molecular flexibility index (Phi) is 6.11. The standard InChI is InChI=1S/C15H21NO6S/c1-21-10-7-16(13-5-8-22-9-6-13)23(19,20)14-4-2-3-12(11-14)15(17)18/h2-4,11,13H,5-10H2,1H3,(H,17,18). The summed E-state index contributed by atoms with van der Waals surface area (Å²) >= 11 is 0. The SMILES string of the molecule is COCCN(C1CCOCC1)S(=O)(=O)c1cccc(C(=O)O)c1. The van der Waals surface area contributed by atoms with Crippen LogP contribution in [0.15, 0.2) is 29.2 Å². The van der Waals surface area contributed by atoms with E-state index in [2.05, 4.69) is 0 Å². The zero-order chi connectivity index (χ0) is 16.9. The van der Waals surface area contributed by atoms with E-state index in [-0.39, 0.29) is 29.7 Å². The summed E-state index contributed by atoms with van der Waals surface area (Å²) in [5.41, 5.74) is -0.0512. The van der Waals surface area contributed by atoms with Crippen LogP contribution in [0.5, 0.6) is 0 Å². The first kappa shape index (κ1) is 17.9. The normalized spacial score (nSPS) is 16.6. The quantitative estimate of drug-likeness (QED) is 0.800. The van der Waals surface area contributed by atoms with Crippen LogP contribution < -0.4 is 0 Å². The summed E-state index contributed by atoms with van der Waals surface area (Å²) in [7, 11) is -2.28. The number of methoxy groups -OCH3 is 1. The fourth-order valence-corrected chi connectivity index (χ4v) is 4.29. The molecule has 0 bridgehead atoms. The lowest BCUT2D eigenvalue weighted by Gasteiger charge is -2.33. The zero-order valence-corrected chi connectivity index (χ0v) is 13.8. The van der Waals surface area contributed by atoms with Crippen molar-refractivity contribution in [1.82, 2.24) is 4.31 Å². The number of hydrogen-bond acceptors (Lipinski definition) is 5. The van der Waals surface area contributed by atoms with Gasteiger partial charge in [-0.2, -0.15) is 4.31 Å². The third kappa shape index (κ3) is 4.29. The van der Waals surface area contributed by atoms with Gasteiger partial charge in [0.05, 0.1) is 17.1 Å². The van der Waals surface area contributed by atoms with Crippen LogP contribution in [0.3, 0.4) is 0 Å². The van der Waals surface area contributed by atoms with Gasteiger partial charge >= 0.3 is 5.97 Å². The van der Waals surface area contributed by atoms with Gasteiger partial charge in [0.25, 0.3) is 0 Å². The van der Waals surface area contributed by atoms with Gasteiger partial charge in [0.2, 0.25) is 10.0 Å². The molecule has 1 aromatic carbocycles. The van der Waals surface area contributed by atoms with Gasteiger partial charge in [-0.05, 0) is 31.0 Å². The van der Waals surface area contributed by atoms with Crippen molar-refractivity contribution in [2.45, 2.75) is 23.8 Å². The van der Waals surface area contributed by atoms with Crippen LogP contribution in [-0.2, 0) is 19.5 Å². The molecule has 1 aliphatic rings. The van der Waals surface area contributed by atoms with E-state index in [4.69, 9.17) is 14.6 Å². The highest BCUT2D eigenvalue weighted by atomic mass is 32.2. The van der Waals surface area contributed by atoms with Crippen molar-refractivity contribution in [3.05, 3.63) is 29.8 Å². The Hall–Kier alpha value is -1.48. The van der Waals surface area contributed by atoms with Crippen LogP contribution in [0.2, 0.25) is 0 Å². The molecule has 0 atom stereocenters. The smallest absolute Gasteiger partial charge is 0.335 e. The van der Waals surface area contributed by atoms with Gasteiger partial charge in [0, 0.05) is 32.9 Å². The topological polar surface area (TPSA) is 93.1 Å².